The summed E-state index contributed by atoms with van der Waals surface area (Å²) >= 11 is 0. The maximum Gasteiger partial charge on any atom is 0.276 e. The van der Waals surface area contributed by atoms with Crippen molar-refractivity contribution in [2.75, 3.05) is 18.4 Å². The third-order valence-electron chi connectivity index (χ3n) is 3.61. The standard InChI is InChI=1S/C15H17FN4O.ClH/c16-12-5-1-2-6-13(12)18-15(21)14-7-9-20(19-14)11-4-3-8-17-10-11;/h1-2,5-7,9,11,17H,3-4,8,10H2,(H,18,21);1H. The Morgan fingerprint density at radius 3 is 2.91 bits per heavy atom. The molecule has 2 heterocycles. The average molecular weight is 325 g/mol. The van der Waals surface area contributed by atoms with Gasteiger partial charge >= 0.3 is 0 Å². The lowest BCUT2D eigenvalue weighted by atomic mass is 10.1. The fourth-order valence-corrected chi connectivity index (χ4v) is 2.47. The Kier molecular flexibility index (Phi) is 5.51. The molecule has 1 unspecified atom stereocenters. The first kappa shape index (κ1) is 16.5. The van der Waals surface area contributed by atoms with Crippen molar-refractivity contribution in [2.24, 2.45) is 0 Å². The molecule has 22 heavy (non-hydrogen) atoms. The number of aromatic nitrogens is 2. The zero-order valence-corrected chi connectivity index (χ0v) is 12.8. The number of nitrogens with one attached hydrogen (secondary N) is 2. The maximum absolute atomic E-state index is 13.5. The Labute approximate surface area is 134 Å². The molecule has 2 N–H and O–H groups in total. The highest BCUT2D eigenvalue weighted by Crippen LogP contribution is 2.17. The van der Waals surface area contributed by atoms with Crippen LogP contribution in [0.5, 0.6) is 0 Å². The molecule has 7 heteroatoms. The first-order valence-corrected chi connectivity index (χ1v) is 7.06. The molecule has 118 valence electrons. The van der Waals surface area contributed by atoms with Crippen LogP contribution < -0.4 is 10.6 Å². The molecule has 1 amide bonds. The summed E-state index contributed by atoms with van der Waals surface area (Å²) in [6.07, 6.45) is 3.94. The van der Waals surface area contributed by atoms with Gasteiger partial charge in [-0.25, -0.2) is 4.39 Å². The number of anilines is 1. The van der Waals surface area contributed by atoms with E-state index in [4.69, 9.17) is 0 Å². The molecule has 0 bridgehead atoms. The predicted octanol–water partition coefficient (Wildman–Crippen LogP) is 2.62. The molecular formula is C15H18ClFN4O. The Bertz CT molecular complexity index is 640. The molecule has 2 aromatic rings. The van der Waals surface area contributed by atoms with E-state index in [0.717, 1.165) is 25.9 Å². The molecule has 1 atom stereocenters. The molecule has 1 aliphatic rings. The molecule has 0 saturated carbocycles. The van der Waals surface area contributed by atoms with Crippen molar-refractivity contribution in [3.8, 4) is 0 Å². The zero-order chi connectivity index (χ0) is 14.7. The van der Waals surface area contributed by atoms with Gasteiger partial charge in [-0.1, -0.05) is 12.1 Å². The Morgan fingerprint density at radius 1 is 1.36 bits per heavy atom. The van der Waals surface area contributed by atoms with Gasteiger partial charge in [0.15, 0.2) is 5.69 Å². The van der Waals surface area contributed by atoms with Crippen LogP contribution in [0.15, 0.2) is 36.5 Å². The van der Waals surface area contributed by atoms with E-state index in [1.807, 2.05) is 4.68 Å². The topological polar surface area (TPSA) is 59.0 Å². The van der Waals surface area contributed by atoms with Gasteiger partial charge in [0.1, 0.15) is 5.82 Å². The maximum atomic E-state index is 13.5. The lowest BCUT2D eigenvalue weighted by Crippen LogP contribution is -2.32. The Morgan fingerprint density at radius 2 is 2.18 bits per heavy atom. The van der Waals surface area contributed by atoms with Gasteiger partial charge in [-0.15, -0.1) is 12.4 Å². The third kappa shape index (κ3) is 3.64. The summed E-state index contributed by atoms with van der Waals surface area (Å²) in [5.74, 6) is -0.857. The lowest BCUT2D eigenvalue weighted by molar-refractivity contribution is 0.102. The highest BCUT2D eigenvalue weighted by atomic mass is 35.5. The van der Waals surface area contributed by atoms with E-state index >= 15 is 0 Å². The molecule has 0 radical (unpaired) electrons. The van der Waals surface area contributed by atoms with E-state index in [-0.39, 0.29) is 24.1 Å². The van der Waals surface area contributed by atoms with E-state index in [9.17, 15) is 9.18 Å². The van der Waals surface area contributed by atoms with Crippen molar-refractivity contribution in [2.45, 2.75) is 18.9 Å². The van der Waals surface area contributed by atoms with Crippen molar-refractivity contribution in [1.29, 1.82) is 0 Å². The minimum Gasteiger partial charge on any atom is -0.318 e. The summed E-state index contributed by atoms with van der Waals surface area (Å²) in [6, 6.07) is 8.01. The number of carbonyl (C=O) groups excluding carboxylic acids is 1. The molecular weight excluding hydrogens is 307 g/mol. The van der Waals surface area contributed by atoms with Crippen molar-refractivity contribution in [3.05, 3.63) is 48.0 Å². The zero-order valence-electron chi connectivity index (χ0n) is 12.0. The number of piperidine rings is 1. The minimum absolute atomic E-state index is 0. The van der Waals surface area contributed by atoms with Gasteiger partial charge in [0.25, 0.3) is 5.91 Å². The van der Waals surface area contributed by atoms with Crippen LogP contribution in [-0.4, -0.2) is 28.8 Å². The number of hydrogen-bond acceptors (Lipinski definition) is 3. The van der Waals surface area contributed by atoms with Crippen molar-refractivity contribution in [1.82, 2.24) is 15.1 Å². The summed E-state index contributed by atoms with van der Waals surface area (Å²) < 4.78 is 15.3. The number of rotatable bonds is 3. The van der Waals surface area contributed by atoms with Crippen LogP contribution >= 0.6 is 12.4 Å². The number of carbonyl (C=O) groups is 1. The van der Waals surface area contributed by atoms with Crippen molar-refractivity contribution < 1.29 is 9.18 Å². The third-order valence-corrected chi connectivity index (χ3v) is 3.61. The fourth-order valence-electron chi connectivity index (χ4n) is 2.47. The molecule has 5 nitrogen and oxygen atoms in total. The predicted molar refractivity (Wildman–Crippen MR) is 85.0 cm³/mol. The van der Waals surface area contributed by atoms with Crippen LogP contribution in [0, 0.1) is 5.82 Å². The van der Waals surface area contributed by atoms with E-state index in [1.54, 1.807) is 24.4 Å². The summed E-state index contributed by atoms with van der Waals surface area (Å²) in [5.41, 5.74) is 0.459. The Balaban J connectivity index is 0.00000176. The second kappa shape index (κ2) is 7.38. The molecule has 1 fully saturated rings. The van der Waals surface area contributed by atoms with E-state index < -0.39 is 11.7 Å². The van der Waals surface area contributed by atoms with Crippen LogP contribution in [0.3, 0.4) is 0 Å². The number of nitrogens with zero attached hydrogens (tertiary/aromatic N) is 2. The van der Waals surface area contributed by atoms with Crippen LogP contribution in [0.1, 0.15) is 29.4 Å². The first-order valence-electron chi connectivity index (χ1n) is 7.06. The van der Waals surface area contributed by atoms with Crippen LogP contribution in [-0.2, 0) is 0 Å². The van der Waals surface area contributed by atoms with Gasteiger partial charge in [0, 0.05) is 12.7 Å². The molecule has 1 aromatic heterocycles. The monoisotopic (exact) mass is 324 g/mol. The van der Waals surface area contributed by atoms with E-state index in [1.165, 1.54) is 12.1 Å². The molecule has 1 aliphatic heterocycles. The molecule has 1 saturated heterocycles. The normalized spacial score (nSPS) is 17.6. The van der Waals surface area contributed by atoms with Gasteiger partial charge < -0.3 is 10.6 Å². The Hall–Kier alpha value is -1.92. The van der Waals surface area contributed by atoms with Gasteiger partial charge in [-0.2, -0.15) is 5.10 Å². The molecule has 1 aromatic carbocycles. The number of amides is 1. The van der Waals surface area contributed by atoms with E-state index in [0.29, 0.717) is 5.69 Å². The number of benzene rings is 1. The second-order valence-electron chi connectivity index (χ2n) is 5.12. The van der Waals surface area contributed by atoms with Crippen LogP contribution in [0.4, 0.5) is 10.1 Å². The summed E-state index contributed by atoms with van der Waals surface area (Å²) in [4.78, 5) is 12.1. The summed E-state index contributed by atoms with van der Waals surface area (Å²) in [6.45, 7) is 1.88. The van der Waals surface area contributed by atoms with Gasteiger partial charge in [0.05, 0.1) is 11.7 Å². The molecule has 0 aliphatic carbocycles. The highest BCUT2D eigenvalue weighted by molar-refractivity contribution is 6.02. The number of hydrogen-bond donors (Lipinski definition) is 2. The molecule has 3 rings (SSSR count). The minimum atomic E-state index is -0.457. The van der Waals surface area contributed by atoms with Gasteiger partial charge in [-0.3, -0.25) is 9.48 Å². The second-order valence-corrected chi connectivity index (χ2v) is 5.12. The fraction of sp³-hybridized carbons (Fsp3) is 0.333. The summed E-state index contributed by atoms with van der Waals surface area (Å²) in [5, 5.41) is 10.1. The van der Waals surface area contributed by atoms with E-state index in [2.05, 4.69) is 15.7 Å². The van der Waals surface area contributed by atoms with Gasteiger partial charge in [0.2, 0.25) is 0 Å². The van der Waals surface area contributed by atoms with Crippen LogP contribution in [0.25, 0.3) is 0 Å². The number of halogens is 2. The number of para-hydroxylation sites is 1. The smallest absolute Gasteiger partial charge is 0.276 e. The SMILES string of the molecule is Cl.O=C(Nc1ccccc1F)c1ccn(C2CCCNC2)n1. The van der Waals surface area contributed by atoms with Crippen LogP contribution in [0.2, 0.25) is 0 Å². The summed E-state index contributed by atoms with van der Waals surface area (Å²) in [7, 11) is 0. The lowest BCUT2D eigenvalue weighted by Gasteiger charge is -2.22. The van der Waals surface area contributed by atoms with Gasteiger partial charge in [-0.05, 0) is 37.6 Å². The first-order chi connectivity index (χ1) is 10.2. The van der Waals surface area contributed by atoms with Crippen molar-refractivity contribution >= 4 is 24.0 Å². The largest absolute Gasteiger partial charge is 0.318 e. The quantitative estimate of drug-likeness (QED) is 0.912. The highest BCUT2D eigenvalue weighted by Gasteiger charge is 2.18. The van der Waals surface area contributed by atoms with Crippen molar-refractivity contribution in [3.63, 3.8) is 0 Å². The average Bonchev–Trinajstić information content (AvgIpc) is 3.00. The molecule has 0 spiro atoms.